The molecule has 2 aromatic carbocycles. The summed E-state index contributed by atoms with van der Waals surface area (Å²) in [6.45, 7) is 2.28. The number of hydrogen-bond acceptors (Lipinski definition) is 6. The van der Waals surface area contributed by atoms with Crippen LogP contribution < -0.4 is 10.2 Å². The fraction of sp³-hybridized carbons (Fsp3) is 0.136. The van der Waals surface area contributed by atoms with Crippen molar-refractivity contribution in [2.24, 2.45) is 0 Å². The van der Waals surface area contributed by atoms with E-state index in [2.05, 4.69) is 9.97 Å². The van der Waals surface area contributed by atoms with Crippen LogP contribution in [0.3, 0.4) is 0 Å². The SMILES string of the molecule is CCOC(=O)c1cccc2c(=O)cc(-c3ccc(OCc4ncc[nH]4)cc3)oc12. The number of benzene rings is 2. The molecular formula is C22H18N2O5. The molecule has 7 nitrogen and oxygen atoms in total. The lowest BCUT2D eigenvalue weighted by Crippen LogP contribution is -2.08. The number of carbonyl (C=O) groups is 1. The van der Waals surface area contributed by atoms with Crippen molar-refractivity contribution in [3.63, 3.8) is 0 Å². The second kappa shape index (κ2) is 8.02. The maximum Gasteiger partial charge on any atom is 0.341 e. The van der Waals surface area contributed by atoms with Gasteiger partial charge in [0.1, 0.15) is 29.5 Å². The standard InChI is InChI=1S/C22H18N2O5/c1-2-27-22(26)17-5-3-4-16-18(25)12-19(29-21(16)17)14-6-8-15(9-7-14)28-13-20-23-10-11-24-20/h3-12H,2,13H2,1H3,(H,23,24). The average Bonchev–Trinajstić information content (AvgIpc) is 3.26. The fourth-order valence-electron chi connectivity index (χ4n) is 2.93. The Hall–Kier alpha value is -3.87. The Kier molecular flexibility index (Phi) is 5.11. The van der Waals surface area contributed by atoms with Crippen LogP contribution in [0.5, 0.6) is 5.75 Å². The lowest BCUT2D eigenvalue weighted by Gasteiger charge is -2.08. The summed E-state index contributed by atoms with van der Waals surface area (Å²) in [7, 11) is 0. The number of para-hydroxylation sites is 1. The molecule has 29 heavy (non-hydrogen) atoms. The number of aromatic nitrogens is 2. The quantitative estimate of drug-likeness (QED) is 0.501. The number of nitrogens with one attached hydrogen (secondary N) is 1. The summed E-state index contributed by atoms with van der Waals surface area (Å²) >= 11 is 0. The van der Waals surface area contributed by atoms with E-state index in [1.807, 2.05) is 0 Å². The van der Waals surface area contributed by atoms with Crippen molar-refractivity contribution in [2.75, 3.05) is 6.61 Å². The molecule has 0 aliphatic rings. The van der Waals surface area contributed by atoms with Crippen LogP contribution in [0.2, 0.25) is 0 Å². The van der Waals surface area contributed by atoms with Crippen molar-refractivity contribution < 1.29 is 18.7 Å². The molecule has 4 rings (SSSR count). The topological polar surface area (TPSA) is 94.4 Å². The van der Waals surface area contributed by atoms with Gasteiger partial charge in [-0.25, -0.2) is 9.78 Å². The molecule has 2 aromatic heterocycles. The third-order valence-electron chi connectivity index (χ3n) is 4.32. The smallest absolute Gasteiger partial charge is 0.341 e. The second-order valence-electron chi connectivity index (χ2n) is 6.23. The molecule has 0 saturated carbocycles. The van der Waals surface area contributed by atoms with Gasteiger partial charge in [0.2, 0.25) is 0 Å². The third kappa shape index (κ3) is 3.89. The van der Waals surface area contributed by atoms with Gasteiger partial charge in [-0.2, -0.15) is 0 Å². The van der Waals surface area contributed by atoms with Crippen molar-refractivity contribution in [3.8, 4) is 17.1 Å². The highest BCUT2D eigenvalue weighted by molar-refractivity contribution is 6.02. The van der Waals surface area contributed by atoms with E-state index in [1.54, 1.807) is 61.8 Å². The van der Waals surface area contributed by atoms with E-state index in [9.17, 15) is 9.59 Å². The summed E-state index contributed by atoms with van der Waals surface area (Å²) in [5.41, 5.74) is 0.895. The molecule has 7 heteroatoms. The molecule has 146 valence electrons. The van der Waals surface area contributed by atoms with Gasteiger partial charge in [0.25, 0.3) is 0 Å². The number of esters is 1. The van der Waals surface area contributed by atoms with Gasteiger partial charge >= 0.3 is 5.97 Å². The normalized spacial score (nSPS) is 10.8. The third-order valence-corrected chi connectivity index (χ3v) is 4.32. The van der Waals surface area contributed by atoms with Crippen molar-refractivity contribution in [2.45, 2.75) is 13.5 Å². The predicted molar refractivity (Wildman–Crippen MR) is 107 cm³/mol. The largest absolute Gasteiger partial charge is 0.486 e. The van der Waals surface area contributed by atoms with Crippen molar-refractivity contribution in [1.82, 2.24) is 9.97 Å². The van der Waals surface area contributed by atoms with Crippen molar-refractivity contribution in [3.05, 3.63) is 82.5 Å². The van der Waals surface area contributed by atoms with Gasteiger partial charge in [0.05, 0.1) is 12.0 Å². The average molecular weight is 390 g/mol. The maximum atomic E-state index is 12.6. The summed E-state index contributed by atoms with van der Waals surface area (Å²) < 4.78 is 16.7. The van der Waals surface area contributed by atoms with Crippen LogP contribution in [0.4, 0.5) is 0 Å². The molecule has 0 unspecified atom stereocenters. The summed E-state index contributed by atoms with van der Waals surface area (Å²) in [6, 6.07) is 13.4. The van der Waals surface area contributed by atoms with E-state index >= 15 is 0 Å². The number of hydrogen-bond donors (Lipinski definition) is 1. The minimum atomic E-state index is -0.528. The van der Waals surface area contributed by atoms with Crippen LogP contribution in [0, 0.1) is 0 Å². The van der Waals surface area contributed by atoms with Crippen molar-refractivity contribution >= 4 is 16.9 Å². The second-order valence-corrected chi connectivity index (χ2v) is 6.23. The molecular weight excluding hydrogens is 372 g/mol. The fourth-order valence-corrected chi connectivity index (χ4v) is 2.93. The van der Waals surface area contributed by atoms with Gasteiger partial charge in [-0.15, -0.1) is 0 Å². The Morgan fingerprint density at radius 3 is 2.72 bits per heavy atom. The van der Waals surface area contributed by atoms with E-state index in [-0.39, 0.29) is 23.2 Å². The van der Waals surface area contributed by atoms with Gasteiger partial charge in [-0.1, -0.05) is 6.07 Å². The Labute approximate surface area is 165 Å². The molecule has 0 fully saturated rings. The van der Waals surface area contributed by atoms with Gasteiger partial charge in [-0.3, -0.25) is 4.79 Å². The molecule has 0 bridgehead atoms. The van der Waals surface area contributed by atoms with Crippen LogP contribution in [0.1, 0.15) is 23.1 Å². The van der Waals surface area contributed by atoms with E-state index in [1.165, 1.54) is 6.07 Å². The molecule has 0 aliphatic carbocycles. The lowest BCUT2D eigenvalue weighted by atomic mass is 10.1. The molecule has 0 atom stereocenters. The number of imidazole rings is 1. The van der Waals surface area contributed by atoms with E-state index in [0.29, 0.717) is 29.1 Å². The Bertz CT molecular complexity index is 1190. The minimum Gasteiger partial charge on any atom is -0.486 e. The Balaban J connectivity index is 1.65. The van der Waals surface area contributed by atoms with Crippen LogP contribution in [0.15, 0.2) is 70.1 Å². The number of rotatable bonds is 6. The van der Waals surface area contributed by atoms with Crippen LogP contribution in [-0.4, -0.2) is 22.5 Å². The zero-order valence-corrected chi connectivity index (χ0v) is 15.7. The first-order valence-corrected chi connectivity index (χ1v) is 9.11. The van der Waals surface area contributed by atoms with Crippen LogP contribution >= 0.6 is 0 Å². The molecule has 0 aliphatic heterocycles. The zero-order valence-electron chi connectivity index (χ0n) is 15.7. The first-order chi connectivity index (χ1) is 14.2. The number of H-pyrrole nitrogens is 1. The minimum absolute atomic E-state index is 0.214. The van der Waals surface area contributed by atoms with E-state index in [4.69, 9.17) is 13.9 Å². The van der Waals surface area contributed by atoms with Gasteiger partial charge < -0.3 is 18.9 Å². The highest BCUT2D eigenvalue weighted by Gasteiger charge is 2.16. The molecule has 0 saturated heterocycles. The van der Waals surface area contributed by atoms with Gasteiger partial charge in [0, 0.05) is 24.0 Å². The summed E-state index contributed by atoms with van der Waals surface area (Å²) in [4.78, 5) is 31.9. The number of ether oxygens (including phenoxy) is 2. The lowest BCUT2D eigenvalue weighted by molar-refractivity contribution is 0.0527. The number of aromatic amines is 1. The highest BCUT2D eigenvalue weighted by Crippen LogP contribution is 2.26. The number of carbonyl (C=O) groups excluding carboxylic acids is 1. The summed E-state index contributed by atoms with van der Waals surface area (Å²) in [5, 5.41) is 0.331. The molecule has 4 aromatic rings. The van der Waals surface area contributed by atoms with Gasteiger partial charge in [-0.05, 0) is 43.3 Å². The van der Waals surface area contributed by atoms with Crippen LogP contribution in [-0.2, 0) is 11.3 Å². The molecule has 0 spiro atoms. The zero-order chi connectivity index (χ0) is 20.2. The van der Waals surface area contributed by atoms with Gasteiger partial charge in [0.15, 0.2) is 11.0 Å². The summed E-state index contributed by atoms with van der Waals surface area (Å²) in [6.07, 6.45) is 3.39. The van der Waals surface area contributed by atoms with Crippen molar-refractivity contribution in [1.29, 1.82) is 0 Å². The predicted octanol–water partition coefficient (Wildman–Crippen LogP) is 3.94. The number of nitrogens with zero attached hydrogens (tertiary/aromatic N) is 1. The molecule has 0 amide bonds. The number of fused-ring (bicyclic) bond motifs is 1. The molecule has 1 N–H and O–H groups in total. The Morgan fingerprint density at radius 2 is 2.00 bits per heavy atom. The van der Waals surface area contributed by atoms with E-state index < -0.39 is 5.97 Å². The van der Waals surface area contributed by atoms with Crippen LogP contribution in [0.25, 0.3) is 22.3 Å². The maximum absolute atomic E-state index is 12.6. The summed E-state index contributed by atoms with van der Waals surface area (Å²) in [5.74, 6) is 1.21. The molecule has 2 heterocycles. The monoisotopic (exact) mass is 390 g/mol. The first-order valence-electron chi connectivity index (χ1n) is 9.11. The van der Waals surface area contributed by atoms with E-state index in [0.717, 1.165) is 5.82 Å². The first kappa shape index (κ1) is 18.5. The highest BCUT2D eigenvalue weighted by atomic mass is 16.5. The molecule has 0 radical (unpaired) electrons. The Morgan fingerprint density at radius 1 is 1.17 bits per heavy atom.